The van der Waals surface area contributed by atoms with E-state index in [0.29, 0.717) is 11.4 Å². The molecule has 0 aliphatic rings. The van der Waals surface area contributed by atoms with Crippen LogP contribution in [0.4, 0.5) is 0 Å². The minimum Gasteiger partial charge on any atom is -0.258 e. The predicted molar refractivity (Wildman–Crippen MR) is 33.7 cm³/mol. The molecule has 1 nitrogen and oxygen atoms in total. The molecule has 0 saturated carbocycles. The van der Waals surface area contributed by atoms with Gasteiger partial charge in [0.2, 0.25) is 0 Å². The molecular weight excluding hydrogens is 98.1 g/mol. The van der Waals surface area contributed by atoms with Gasteiger partial charge < -0.3 is 0 Å². The summed E-state index contributed by atoms with van der Waals surface area (Å²) >= 11 is 0. The Morgan fingerprint density at radius 1 is 1.38 bits per heavy atom. The van der Waals surface area contributed by atoms with Crippen LogP contribution in [0.5, 0.6) is 0 Å². The van der Waals surface area contributed by atoms with E-state index in [9.17, 15) is 0 Å². The normalized spacial score (nSPS) is 14.5. The van der Waals surface area contributed by atoms with Crippen molar-refractivity contribution in [3.05, 3.63) is 29.5 Å². The molecule has 8 heavy (non-hydrogen) atoms. The fraction of sp³-hybridized carbons (Fsp3) is 0.286. The average molecular weight is 110 g/mol. The minimum absolute atomic E-state index is 0.0324. The van der Waals surface area contributed by atoms with E-state index in [0.717, 1.165) is 0 Å². The largest absolute Gasteiger partial charge is 0.258 e. The minimum atomic E-state index is -0.0324. The van der Waals surface area contributed by atoms with E-state index >= 15 is 0 Å². The fourth-order valence-corrected chi connectivity index (χ4v) is 0.520. The molecule has 0 spiro atoms. The number of rotatable bonds is 0. The third-order valence-electron chi connectivity index (χ3n) is 0.822. The summed E-state index contributed by atoms with van der Waals surface area (Å²) in [6.45, 7) is 3.35. The second kappa shape index (κ2) is 1.95. The molecule has 1 aromatic rings. The summed E-state index contributed by atoms with van der Waals surface area (Å²) < 4.78 is 21.9. The third kappa shape index (κ3) is 1.06. The molecule has 1 heteroatoms. The zero-order valence-corrected chi connectivity index (χ0v) is 4.95. The number of hydrogen-bond donors (Lipinski definition) is 0. The first-order chi connectivity index (χ1) is 5.04. The molecule has 0 atom stereocenters. The lowest BCUT2D eigenvalue weighted by Crippen LogP contribution is -1.81. The van der Waals surface area contributed by atoms with Crippen molar-refractivity contribution in [1.29, 1.82) is 0 Å². The summed E-state index contributed by atoms with van der Waals surface area (Å²) in [4.78, 5) is 3.94. The van der Waals surface area contributed by atoms with Crippen molar-refractivity contribution in [2.24, 2.45) is 0 Å². The lowest BCUT2D eigenvalue weighted by Gasteiger charge is -1.90. The predicted octanol–water partition coefficient (Wildman–Crippen LogP) is 1.70. The van der Waals surface area contributed by atoms with Crippen LogP contribution in [0.15, 0.2) is 18.1 Å². The van der Waals surface area contributed by atoms with Crippen molar-refractivity contribution >= 4 is 0 Å². The van der Waals surface area contributed by atoms with Crippen molar-refractivity contribution in [1.82, 2.24) is 4.98 Å². The van der Waals surface area contributed by atoms with Gasteiger partial charge in [0.15, 0.2) is 0 Å². The Morgan fingerprint density at radius 2 is 1.88 bits per heavy atom. The van der Waals surface area contributed by atoms with Gasteiger partial charge in [0, 0.05) is 11.4 Å². The molecule has 0 unspecified atom stereocenters. The highest BCUT2D eigenvalue weighted by molar-refractivity contribution is 5.07. The number of aromatic nitrogens is 1. The molecule has 42 valence electrons. The maximum atomic E-state index is 7.31. The van der Waals surface area contributed by atoms with Crippen LogP contribution in [-0.4, -0.2) is 4.98 Å². The van der Waals surface area contributed by atoms with Crippen LogP contribution in [0.1, 0.15) is 15.5 Å². The topological polar surface area (TPSA) is 12.9 Å². The van der Waals surface area contributed by atoms with E-state index in [2.05, 4.69) is 4.98 Å². The van der Waals surface area contributed by atoms with Crippen molar-refractivity contribution in [3.8, 4) is 0 Å². The summed E-state index contributed by atoms with van der Waals surface area (Å²) in [5.41, 5.74) is 1.03. The molecule has 0 fully saturated rings. The number of hydrogen-bond acceptors (Lipinski definition) is 1. The molecule has 1 heterocycles. The Hall–Kier alpha value is -0.850. The second-order valence-corrected chi connectivity index (χ2v) is 1.66. The van der Waals surface area contributed by atoms with Gasteiger partial charge in [-0.05, 0) is 25.9 Å². The van der Waals surface area contributed by atoms with E-state index in [1.54, 1.807) is 13.8 Å². The van der Waals surface area contributed by atoms with Crippen LogP contribution >= 0.6 is 0 Å². The zero-order valence-electron chi connectivity index (χ0n) is 7.95. The van der Waals surface area contributed by atoms with Crippen LogP contribution in [0.2, 0.25) is 0 Å². The van der Waals surface area contributed by atoms with E-state index in [1.165, 1.54) is 0 Å². The molecule has 0 aliphatic heterocycles. The van der Waals surface area contributed by atoms with Gasteiger partial charge in [0.25, 0.3) is 0 Å². The molecule has 0 aromatic carbocycles. The Labute approximate surface area is 53.6 Å². The molecular formula is C7H9N. The van der Waals surface area contributed by atoms with Gasteiger partial charge in [0.05, 0.1) is 4.11 Å². The van der Waals surface area contributed by atoms with Crippen LogP contribution in [-0.2, 0) is 0 Å². The van der Waals surface area contributed by atoms with Gasteiger partial charge in [0.1, 0.15) is 0 Å². The monoisotopic (exact) mass is 110 g/mol. The highest BCUT2D eigenvalue weighted by Crippen LogP contribution is 1.93. The Kier molecular flexibility index (Phi) is 0.639. The van der Waals surface area contributed by atoms with Gasteiger partial charge in [-0.15, -0.1) is 0 Å². The van der Waals surface area contributed by atoms with Crippen LogP contribution in [0.3, 0.4) is 0 Å². The summed E-state index contributed by atoms with van der Waals surface area (Å²) in [5.74, 6) is 0. The van der Waals surface area contributed by atoms with Gasteiger partial charge in [-0.1, -0.05) is 6.04 Å². The van der Waals surface area contributed by atoms with Crippen molar-refractivity contribution in [3.63, 3.8) is 0 Å². The molecule has 0 bridgehead atoms. The second-order valence-electron chi connectivity index (χ2n) is 1.66. The smallest absolute Gasteiger partial charge is 0.0642 e. The fourth-order valence-electron chi connectivity index (χ4n) is 0.520. The van der Waals surface area contributed by atoms with Gasteiger partial charge >= 0.3 is 0 Å². The van der Waals surface area contributed by atoms with Crippen LogP contribution in [0, 0.1) is 13.8 Å². The maximum Gasteiger partial charge on any atom is 0.0642 e. The summed E-state index contributed by atoms with van der Waals surface area (Å²) in [5, 5.41) is 0. The van der Waals surface area contributed by atoms with Crippen molar-refractivity contribution in [2.45, 2.75) is 13.8 Å². The molecule has 0 aliphatic carbocycles. The highest BCUT2D eigenvalue weighted by atomic mass is 14.7. The van der Waals surface area contributed by atoms with Gasteiger partial charge in [-0.3, -0.25) is 4.98 Å². The molecule has 0 saturated heterocycles. The Bertz CT molecular complexity index is 270. The third-order valence-corrected chi connectivity index (χ3v) is 0.822. The Balaban J connectivity index is 3.46. The standard InChI is InChI=1S/C7H9N/c1-6-4-3-5-7(2)8-6/h3-5H,1-2H3/i3D,4D,5D. The van der Waals surface area contributed by atoms with E-state index < -0.39 is 0 Å². The van der Waals surface area contributed by atoms with Crippen molar-refractivity contribution in [2.75, 3.05) is 0 Å². The number of aryl methyl sites for hydroxylation is 2. The molecule has 0 N–H and O–H groups in total. The van der Waals surface area contributed by atoms with E-state index in [1.807, 2.05) is 0 Å². The summed E-state index contributed by atoms with van der Waals surface area (Å²) in [6, 6.07) is 0.0798. The quantitative estimate of drug-likeness (QED) is 0.495. The first-order valence-corrected chi connectivity index (χ1v) is 2.45. The number of nitrogens with zero attached hydrogens (tertiary/aromatic N) is 1. The zero-order chi connectivity index (χ0) is 8.59. The first kappa shape index (κ1) is 2.62. The van der Waals surface area contributed by atoms with E-state index in [-0.39, 0.29) is 18.1 Å². The molecule has 1 rings (SSSR count). The van der Waals surface area contributed by atoms with Crippen molar-refractivity contribution < 1.29 is 4.11 Å². The first-order valence-electron chi connectivity index (χ1n) is 3.95. The molecule has 1 aromatic heterocycles. The average Bonchev–Trinajstić information content (AvgIpc) is 1.97. The van der Waals surface area contributed by atoms with Gasteiger partial charge in [-0.25, -0.2) is 0 Å². The highest BCUT2D eigenvalue weighted by Gasteiger charge is 1.82. The summed E-state index contributed by atoms with van der Waals surface area (Å²) in [6.07, 6.45) is 0. The van der Waals surface area contributed by atoms with Crippen LogP contribution < -0.4 is 0 Å². The molecule has 0 amide bonds. The van der Waals surface area contributed by atoms with Crippen LogP contribution in [0.25, 0.3) is 0 Å². The summed E-state index contributed by atoms with van der Waals surface area (Å²) in [7, 11) is 0. The number of pyridine rings is 1. The Morgan fingerprint density at radius 3 is 2.38 bits per heavy atom. The molecule has 0 radical (unpaired) electrons. The SMILES string of the molecule is [2H]c1c(C)nc(C)c([2H])c1[2H]. The lowest BCUT2D eigenvalue weighted by atomic mass is 10.3. The lowest BCUT2D eigenvalue weighted by molar-refractivity contribution is 1.12. The van der Waals surface area contributed by atoms with Gasteiger partial charge in [-0.2, -0.15) is 0 Å². The van der Waals surface area contributed by atoms with E-state index in [4.69, 9.17) is 4.11 Å². The maximum absolute atomic E-state index is 7.31.